The second-order valence-electron chi connectivity index (χ2n) is 5.13. The summed E-state index contributed by atoms with van der Waals surface area (Å²) in [5.74, 6) is 1.57. The van der Waals surface area contributed by atoms with Gasteiger partial charge in [0.25, 0.3) is 0 Å². The number of aryl methyl sites for hydroxylation is 1. The van der Waals surface area contributed by atoms with Crippen molar-refractivity contribution in [3.05, 3.63) is 72.3 Å². The maximum absolute atomic E-state index is 11.7. The minimum atomic E-state index is 0.0186. The zero-order chi connectivity index (χ0) is 15.8. The van der Waals surface area contributed by atoms with Crippen molar-refractivity contribution in [2.24, 2.45) is 0 Å². The third-order valence-corrected chi connectivity index (χ3v) is 3.27. The lowest BCUT2D eigenvalue weighted by Crippen LogP contribution is -2.22. The van der Waals surface area contributed by atoms with Gasteiger partial charge in [0.05, 0.1) is 0 Å². The van der Waals surface area contributed by atoms with Crippen molar-refractivity contribution in [3.63, 3.8) is 0 Å². The molecule has 2 aromatic carbocycles. The maximum atomic E-state index is 11.7. The quantitative estimate of drug-likeness (QED) is 0.770. The predicted molar refractivity (Wildman–Crippen MR) is 89.0 cm³/mol. The number of amides is 1. The molecule has 0 aromatic heterocycles. The molecule has 0 fully saturated rings. The molecule has 0 unspecified atom stereocenters. The normalized spacial score (nSPS) is 10.0. The number of nitrogens with one attached hydrogen (secondary N) is 1. The molecular weight excluding hydrogens is 274 g/mol. The van der Waals surface area contributed by atoms with Crippen LogP contribution in [0.3, 0.4) is 0 Å². The minimum Gasteiger partial charge on any atom is -0.457 e. The van der Waals surface area contributed by atoms with E-state index in [2.05, 4.69) is 11.9 Å². The van der Waals surface area contributed by atoms with E-state index >= 15 is 0 Å². The lowest BCUT2D eigenvalue weighted by molar-refractivity contribution is -0.121. The molecule has 114 valence electrons. The van der Waals surface area contributed by atoms with Crippen molar-refractivity contribution in [2.75, 3.05) is 0 Å². The van der Waals surface area contributed by atoms with Crippen molar-refractivity contribution in [1.29, 1.82) is 0 Å². The van der Waals surface area contributed by atoms with Gasteiger partial charge in [-0.2, -0.15) is 0 Å². The Morgan fingerprint density at radius 1 is 1.18 bits per heavy atom. The standard InChI is InChI=1S/C19H21NO2/c1-3-4-9-19(21)20-14-16-7-5-6-8-18(16)22-17-12-10-15(2)11-13-17/h3,5-8,10-13H,1,4,9,14H2,2H3,(H,20,21). The highest BCUT2D eigenvalue weighted by Crippen LogP contribution is 2.25. The minimum absolute atomic E-state index is 0.0186. The summed E-state index contributed by atoms with van der Waals surface area (Å²) in [6.45, 7) is 6.11. The summed E-state index contributed by atoms with van der Waals surface area (Å²) in [6, 6.07) is 15.6. The van der Waals surface area contributed by atoms with Gasteiger partial charge >= 0.3 is 0 Å². The average Bonchev–Trinajstić information content (AvgIpc) is 2.54. The van der Waals surface area contributed by atoms with Crippen molar-refractivity contribution >= 4 is 5.91 Å². The fraction of sp³-hybridized carbons (Fsp3) is 0.211. The molecule has 0 aliphatic heterocycles. The number of rotatable bonds is 7. The fourth-order valence-corrected chi connectivity index (χ4v) is 2.00. The molecule has 0 atom stereocenters. The van der Waals surface area contributed by atoms with Crippen molar-refractivity contribution in [2.45, 2.75) is 26.3 Å². The number of hydrogen-bond donors (Lipinski definition) is 1. The van der Waals surface area contributed by atoms with Gasteiger partial charge in [-0.15, -0.1) is 6.58 Å². The Balaban J connectivity index is 2.01. The first-order valence-electron chi connectivity index (χ1n) is 7.39. The Morgan fingerprint density at radius 3 is 2.64 bits per heavy atom. The van der Waals surface area contributed by atoms with E-state index in [1.165, 1.54) is 5.56 Å². The van der Waals surface area contributed by atoms with E-state index in [1.54, 1.807) is 6.08 Å². The Hall–Kier alpha value is -2.55. The lowest BCUT2D eigenvalue weighted by atomic mass is 10.2. The number of hydrogen-bond acceptors (Lipinski definition) is 2. The fourth-order valence-electron chi connectivity index (χ4n) is 2.00. The molecule has 1 N–H and O–H groups in total. The molecule has 2 aromatic rings. The Morgan fingerprint density at radius 2 is 1.91 bits per heavy atom. The number of para-hydroxylation sites is 1. The molecular formula is C19H21NO2. The van der Waals surface area contributed by atoms with E-state index in [1.807, 2.05) is 55.5 Å². The van der Waals surface area contributed by atoms with Crippen LogP contribution in [0.25, 0.3) is 0 Å². The van der Waals surface area contributed by atoms with E-state index in [-0.39, 0.29) is 5.91 Å². The maximum Gasteiger partial charge on any atom is 0.220 e. The van der Waals surface area contributed by atoms with Crippen molar-refractivity contribution in [1.82, 2.24) is 5.32 Å². The zero-order valence-corrected chi connectivity index (χ0v) is 12.8. The van der Waals surface area contributed by atoms with Gasteiger partial charge in [-0.05, 0) is 31.5 Å². The van der Waals surface area contributed by atoms with Crippen LogP contribution in [0.1, 0.15) is 24.0 Å². The summed E-state index contributed by atoms with van der Waals surface area (Å²) >= 11 is 0. The van der Waals surface area contributed by atoms with Gasteiger partial charge in [-0.3, -0.25) is 4.79 Å². The number of carbonyl (C=O) groups excluding carboxylic acids is 1. The molecule has 3 heteroatoms. The van der Waals surface area contributed by atoms with Gasteiger partial charge < -0.3 is 10.1 Å². The van der Waals surface area contributed by atoms with Gasteiger partial charge in [-0.25, -0.2) is 0 Å². The lowest BCUT2D eigenvalue weighted by Gasteiger charge is -2.12. The summed E-state index contributed by atoms with van der Waals surface area (Å²) in [5.41, 5.74) is 2.14. The Bertz CT molecular complexity index is 632. The van der Waals surface area contributed by atoms with E-state index in [0.29, 0.717) is 19.4 Å². The highest BCUT2D eigenvalue weighted by Gasteiger charge is 2.06. The van der Waals surface area contributed by atoms with Gasteiger partial charge in [0.2, 0.25) is 5.91 Å². The number of ether oxygens (including phenoxy) is 1. The molecule has 0 aliphatic carbocycles. The highest BCUT2D eigenvalue weighted by atomic mass is 16.5. The van der Waals surface area contributed by atoms with Crippen LogP contribution in [0.5, 0.6) is 11.5 Å². The highest BCUT2D eigenvalue weighted by molar-refractivity contribution is 5.76. The summed E-state index contributed by atoms with van der Waals surface area (Å²) in [6.07, 6.45) is 2.89. The first kappa shape index (κ1) is 15.8. The van der Waals surface area contributed by atoms with E-state index < -0.39 is 0 Å². The van der Waals surface area contributed by atoms with Crippen molar-refractivity contribution < 1.29 is 9.53 Å². The van der Waals surface area contributed by atoms with Gasteiger partial charge in [0.15, 0.2) is 0 Å². The largest absolute Gasteiger partial charge is 0.457 e. The molecule has 3 nitrogen and oxygen atoms in total. The second kappa shape index (κ2) is 8.03. The monoisotopic (exact) mass is 295 g/mol. The second-order valence-corrected chi connectivity index (χ2v) is 5.13. The van der Waals surface area contributed by atoms with E-state index in [9.17, 15) is 4.79 Å². The summed E-state index contributed by atoms with van der Waals surface area (Å²) in [4.78, 5) is 11.7. The third kappa shape index (κ3) is 4.77. The molecule has 0 radical (unpaired) electrons. The van der Waals surface area contributed by atoms with Crippen LogP contribution >= 0.6 is 0 Å². The molecule has 1 amide bonds. The number of carbonyl (C=O) groups is 1. The topological polar surface area (TPSA) is 38.3 Å². The smallest absolute Gasteiger partial charge is 0.220 e. The first-order valence-corrected chi connectivity index (χ1v) is 7.39. The van der Waals surface area contributed by atoms with Crippen LogP contribution in [0.4, 0.5) is 0 Å². The van der Waals surface area contributed by atoms with E-state index in [0.717, 1.165) is 17.1 Å². The summed E-state index contributed by atoms with van der Waals surface area (Å²) in [7, 11) is 0. The Kier molecular flexibility index (Phi) is 5.78. The van der Waals surface area contributed by atoms with Crippen LogP contribution in [-0.2, 0) is 11.3 Å². The Labute approximate surface area is 131 Å². The van der Waals surface area contributed by atoms with E-state index in [4.69, 9.17) is 4.74 Å². The van der Waals surface area contributed by atoms with Gasteiger partial charge in [0.1, 0.15) is 11.5 Å². The molecule has 0 saturated carbocycles. The predicted octanol–water partition coefficient (Wildman–Crippen LogP) is 4.37. The molecule has 0 saturated heterocycles. The van der Waals surface area contributed by atoms with Crippen molar-refractivity contribution in [3.8, 4) is 11.5 Å². The molecule has 0 bridgehead atoms. The zero-order valence-electron chi connectivity index (χ0n) is 12.8. The first-order chi connectivity index (χ1) is 10.7. The van der Waals surface area contributed by atoms with Crippen LogP contribution in [0, 0.1) is 6.92 Å². The molecule has 22 heavy (non-hydrogen) atoms. The molecule has 2 rings (SSSR count). The molecule has 0 spiro atoms. The third-order valence-electron chi connectivity index (χ3n) is 3.27. The van der Waals surface area contributed by atoms with Gasteiger partial charge in [0, 0.05) is 18.5 Å². The molecule has 0 heterocycles. The summed E-state index contributed by atoms with van der Waals surface area (Å²) < 4.78 is 5.91. The van der Waals surface area contributed by atoms with Crippen LogP contribution in [-0.4, -0.2) is 5.91 Å². The number of allylic oxidation sites excluding steroid dienone is 1. The SMILES string of the molecule is C=CCCC(=O)NCc1ccccc1Oc1ccc(C)cc1. The van der Waals surface area contributed by atoms with Crippen LogP contribution in [0.2, 0.25) is 0 Å². The van der Waals surface area contributed by atoms with Crippen LogP contribution in [0.15, 0.2) is 61.2 Å². The molecule has 0 aliphatic rings. The summed E-state index contributed by atoms with van der Waals surface area (Å²) in [5, 5.41) is 2.90. The van der Waals surface area contributed by atoms with Crippen LogP contribution < -0.4 is 10.1 Å². The van der Waals surface area contributed by atoms with Gasteiger partial charge in [-0.1, -0.05) is 42.0 Å². The average molecular weight is 295 g/mol. The number of benzene rings is 2.